The number of hydrogen-bond donors (Lipinski definition) is 3. The first-order valence-corrected chi connectivity index (χ1v) is 8.88. The molecular formula is C20H31NO2. The number of fused-ring (bicyclic) bond motifs is 2. The lowest BCUT2D eigenvalue weighted by Crippen LogP contribution is -2.33. The minimum Gasteiger partial charge on any atom is -0.395 e. The second kappa shape index (κ2) is 8.62. The van der Waals surface area contributed by atoms with E-state index >= 15 is 0 Å². The van der Waals surface area contributed by atoms with Crippen LogP contribution in [0.5, 0.6) is 0 Å². The second-order valence-electron chi connectivity index (χ2n) is 6.88. The summed E-state index contributed by atoms with van der Waals surface area (Å²) in [7, 11) is 0. The van der Waals surface area contributed by atoms with Gasteiger partial charge in [-0.25, -0.2) is 0 Å². The van der Waals surface area contributed by atoms with Gasteiger partial charge < -0.3 is 15.5 Å². The Morgan fingerprint density at radius 3 is 2.78 bits per heavy atom. The lowest BCUT2D eigenvalue weighted by Gasteiger charge is -2.39. The Morgan fingerprint density at radius 1 is 1.30 bits per heavy atom. The van der Waals surface area contributed by atoms with Gasteiger partial charge in [-0.1, -0.05) is 56.2 Å². The summed E-state index contributed by atoms with van der Waals surface area (Å²) in [6.07, 6.45) is 10.0. The van der Waals surface area contributed by atoms with Crippen molar-refractivity contribution in [1.29, 1.82) is 0 Å². The van der Waals surface area contributed by atoms with E-state index in [4.69, 9.17) is 10.2 Å². The van der Waals surface area contributed by atoms with E-state index in [1.807, 2.05) is 0 Å². The highest BCUT2D eigenvalue weighted by Crippen LogP contribution is 2.49. The molecule has 3 heteroatoms. The number of nitrogens with one attached hydrogen (secondary N) is 1. The van der Waals surface area contributed by atoms with Crippen LogP contribution in [-0.4, -0.2) is 36.0 Å². The van der Waals surface area contributed by atoms with Crippen molar-refractivity contribution >= 4 is 6.08 Å². The molecule has 0 unspecified atom stereocenters. The van der Waals surface area contributed by atoms with Crippen LogP contribution in [0.1, 0.15) is 50.7 Å². The maximum Gasteiger partial charge on any atom is 0.0636 e. The van der Waals surface area contributed by atoms with Gasteiger partial charge in [-0.3, -0.25) is 0 Å². The Morgan fingerprint density at radius 2 is 2.09 bits per heavy atom. The minimum absolute atomic E-state index is 0.132. The third-order valence-corrected chi connectivity index (χ3v) is 5.11. The van der Waals surface area contributed by atoms with Gasteiger partial charge >= 0.3 is 0 Å². The van der Waals surface area contributed by atoms with Crippen LogP contribution in [0.2, 0.25) is 0 Å². The molecule has 23 heavy (non-hydrogen) atoms. The predicted molar refractivity (Wildman–Crippen MR) is 96.4 cm³/mol. The molecule has 0 saturated heterocycles. The molecule has 3 rings (SSSR count). The summed E-state index contributed by atoms with van der Waals surface area (Å²) in [4.78, 5) is 0. The SMILES string of the molecule is C[C@@H](O)CNCCO.C[C@H]1CCCC[C@@]12C=Cc1ccccc12. The normalized spacial score (nSPS) is 26.5. The van der Waals surface area contributed by atoms with Crippen LogP contribution >= 0.6 is 0 Å². The molecule has 1 aromatic carbocycles. The van der Waals surface area contributed by atoms with E-state index in [9.17, 15) is 0 Å². The maximum atomic E-state index is 8.63. The van der Waals surface area contributed by atoms with Gasteiger partial charge in [-0.2, -0.15) is 0 Å². The third kappa shape index (κ3) is 4.43. The van der Waals surface area contributed by atoms with E-state index in [1.165, 1.54) is 31.2 Å². The molecule has 1 saturated carbocycles. The highest BCUT2D eigenvalue weighted by atomic mass is 16.3. The Balaban J connectivity index is 0.000000207. The van der Waals surface area contributed by atoms with Crippen molar-refractivity contribution in [3.8, 4) is 0 Å². The average molecular weight is 317 g/mol. The highest BCUT2D eigenvalue weighted by Gasteiger charge is 2.40. The number of rotatable bonds is 4. The molecule has 0 amide bonds. The zero-order valence-corrected chi connectivity index (χ0v) is 14.5. The van der Waals surface area contributed by atoms with Crippen LogP contribution in [0.15, 0.2) is 30.3 Å². The quantitative estimate of drug-likeness (QED) is 0.748. The van der Waals surface area contributed by atoms with Crippen LogP contribution in [0.4, 0.5) is 0 Å². The van der Waals surface area contributed by atoms with Crippen molar-refractivity contribution in [2.45, 2.75) is 51.0 Å². The summed E-state index contributed by atoms with van der Waals surface area (Å²) >= 11 is 0. The van der Waals surface area contributed by atoms with Crippen LogP contribution in [-0.2, 0) is 5.41 Å². The summed E-state index contributed by atoms with van der Waals surface area (Å²) in [5.41, 5.74) is 3.41. The molecule has 0 aromatic heterocycles. The molecule has 3 nitrogen and oxygen atoms in total. The summed E-state index contributed by atoms with van der Waals surface area (Å²) in [5, 5.41) is 19.7. The molecular weight excluding hydrogens is 286 g/mol. The van der Waals surface area contributed by atoms with Crippen molar-refractivity contribution < 1.29 is 10.2 Å². The number of benzene rings is 1. The summed E-state index contributed by atoms with van der Waals surface area (Å²) in [6, 6.07) is 8.92. The van der Waals surface area contributed by atoms with E-state index < -0.39 is 0 Å². The van der Waals surface area contributed by atoms with Gasteiger partial charge in [0, 0.05) is 18.5 Å². The molecule has 1 fully saturated rings. The van der Waals surface area contributed by atoms with Crippen molar-refractivity contribution in [3.63, 3.8) is 0 Å². The molecule has 3 N–H and O–H groups in total. The molecule has 1 aromatic rings. The van der Waals surface area contributed by atoms with E-state index in [0.717, 1.165) is 5.92 Å². The molecule has 0 aliphatic heterocycles. The standard InChI is InChI=1S/C15H18.C5H13NO2/c1-12-6-4-5-10-15(12)11-9-13-7-2-3-8-14(13)15;1-5(8)4-6-2-3-7/h2-3,7-9,11-12H,4-6,10H2,1H3;5-8H,2-4H2,1H3/t12-,15+;5-/m01/s1. The molecule has 1 spiro atoms. The molecule has 0 radical (unpaired) electrons. The first-order valence-electron chi connectivity index (χ1n) is 8.88. The van der Waals surface area contributed by atoms with Crippen LogP contribution in [0.3, 0.4) is 0 Å². The van der Waals surface area contributed by atoms with E-state index in [0.29, 0.717) is 18.5 Å². The first-order chi connectivity index (χ1) is 11.1. The Kier molecular flexibility index (Phi) is 6.82. The Hall–Kier alpha value is -1.16. The Labute approximate surface area is 140 Å². The Bertz CT molecular complexity index is 512. The second-order valence-corrected chi connectivity index (χ2v) is 6.88. The van der Waals surface area contributed by atoms with E-state index in [1.54, 1.807) is 12.5 Å². The van der Waals surface area contributed by atoms with Gasteiger partial charge in [0.25, 0.3) is 0 Å². The van der Waals surface area contributed by atoms with Crippen LogP contribution in [0, 0.1) is 5.92 Å². The van der Waals surface area contributed by atoms with Gasteiger partial charge in [-0.15, -0.1) is 0 Å². The fraction of sp³-hybridized carbons (Fsp3) is 0.600. The first kappa shape index (κ1) is 18.2. The van der Waals surface area contributed by atoms with Crippen molar-refractivity contribution in [1.82, 2.24) is 5.32 Å². The smallest absolute Gasteiger partial charge is 0.0636 e. The number of aliphatic hydroxyl groups is 2. The zero-order valence-electron chi connectivity index (χ0n) is 14.5. The number of hydrogen-bond acceptors (Lipinski definition) is 3. The van der Waals surface area contributed by atoms with Gasteiger partial charge in [0.1, 0.15) is 0 Å². The molecule has 128 valence electrons. The fourth-order valence-electron chi connectivity index (χ4n) is 3.80. The average Bonchev–Trinajstić information content (AvgIpc) is 2.91. The van der Waals surface area contributed by atoms with Gasteiger partial charge in [0.15, 0.2) is 0 Å². The van der Waals surface area contributed by atoms with E-state index in [-0.39, 0.29) is 12.7 Å². The molecule has 2 aliphatic rings. The van der Waals surface area contributed by atoms with Crippen LogP contribution < -0.4 is 5.32 Å². The van der Waals surface area contributed by atoms with Gasteiger partial charge in [-0.05, 0) is 36.8 Å². The summed E-state index contributed by atoms with van der Waals surface area (Å²) < 4.78 is 0. The van der Waals surface area contributed by atoms with Crippen molar-refractivity contribution in [2.75, 3.05) is 19.7 Å². The maximum absolute atomic E-state index is 8.63. The number of aliphatic hydroxyl groups excluding tert-OH is 2. The molecule has 3 atom stereocenters. The van der Waals surface area contributed by atoms with Gasteiger partial charge in [0.05, 0.1) is 12.7 Å². The molecule has 0 heterocycles. The monoisotopic (exact) mass is 317 g/mol. The number of allylic oxidation sites excluding steroid dienone is 1. The molecule has 2 aliphatic carbocycles. The highest BCUT2D eigenvalue weighted by molar-refractivity contribution is 5.65. The van der Waals surface area contributed by atoms with E-state index in [2.05, 4.69) is 48.7 Å². The summed E-state index contributed by atoms with van der Waals surface area (Å²) in [6.45, 7) is 5.37. The van der Waals surface area contributed by atoms with Crippen LogP contribution in [0.25, 0.3) is 6.08 Å². The minimum atomic E-state index is -0.318. The largest absolute Gasteiger partial charge is 0.395 e. The zero-order chi connectivity index (χ0) is 16.7. The van der Waals surface area contributed by atoms with Gasteiger partial charge in [0.2, 0.25) is 0 Å². The molecule has 0 bridgehead atoms. The lowest BCUT2D eigenvalue weighted by atomic mass is 9.64. The lowest BCUT2D eigenvalue weighted by molar-refractivity contribution is 0.186. The predicted octanol–water partition coefficient (Wildman–Crippen LogP) is 3.11. The van der Waals surface area contributed by atoms with Crippen molar-refractivity contribution in [3.05, 3.63) is 41.5 Å². The fourth-order valence-corrected chi connectivity index (χ4v) is 3.80. The summed E-state index contributed by atoms with van der Waals surface area (Å²) in [5.74, 6) is 0.811. The topological polar surface area (TPSA) is 52.5 Å². The van der Waals surface area contributed by atoms with Crippen molar-refractivity contribution in [2.24, 2.45) is 5.92 Å². The third-order valence-electron chi connectivity index (χ3n) is 5.11.